The van der Waals surface area contributed by atoms with Crippen molar-refractivity contribution in [2.75, 3.05) is 26.7 Å². The molecule has 26 heavy (non-hydrogen) atoms. The lowest BCUT2D eigenvalue weighted by Gasteiger charge is -2.15. The van der Waals surface area contributed by atoms with Gasteiger partial charge in [-0.05, 0) is 24.5 Å². The third kappa shape index (κ3) is 7.49. The Morgan fingerprint density at radius 3 is 2.62 bits per heavy atom. The second-order valence-corrected chi connectivity index (χ2v) is 7.14. The number of ether oxygens (including phenoxy) is 1. The molecule has 0 amide bonds. The van der Waals surface area contributed by atoms with E-state index in [1.165, 1.54) is 5.56 Å². The first kappa shape index (κ1) is 22.7. The number of para-hydroxylation sites is 1. The first-order chi connectivity index (χ1) is 12.1. The predicted molar refractivity (Wildman–Crippen MR) is 121 cm³/mol. The molecule has 144 valence electrons. The first-order valence-electron chi connectivity index (χ1n) is 8.67. The number of aryl methyl sites for hydroxylation is 1. The Hall–Kier alpha value is -1.35. The van der Waals surface area contributed by atoms with Crippen LogP contribution in [0, 0.1) is 6.92 Å². The van der Waals surface area contributed by atoms with Gasteiger partial charge in [-0.3, -0.25) is 4.99 Å². The van der Waals surface area contributed by atoms with E-state index in [0.717, 1.165) is 35.4 Å². The smallest absolute Gasteiger partial charge is 0.191 e. The Morgan fingerprint density at radius 2 is 1.96 bits per heavy atom. The van der Waals surface area contributed by atoms with Crippen LogP contribution in [-0.2, 0) is 6.42 Å². The highest BCUT2D eigenvalue weighted by Gasteiger charge is 2.06. The lowest BCUT2D eigenvalue weighted by Crippen LogP contribution is -2.40. The van der Waals surface area contributed by atoms with Crippen LogP contribution in [0.4, 0.5) is 0 Å². The average molecular weight is 488 g/mol. The Kier molecular flexibility index (Phi) is 10.6. The average Bonchev–Trinajstić information content (AvgIpc) is 3.02. The molecule has 0 saturated heterocycles. The van der Waals surface area contributed by atoms with Gasteiger partial charge in [0.2, 0.25) is 0 Å². The minimum absolute atomic E-state index is 0. The standard InChI is InChI=1S/C19H28N4OS.HI/c1-14(2)17-7-5-6-8-18(17)24-12-11-22-19(20-4)21-10-9-16-13-25-15(3)23-16;/h5-8,13-14H,9-12H2,1-4H3,(H2,20,21,22);1H. The van der Waals surface area contributed by atoms with Gasteiger partial charge < -0.3 is 15.4 Å². The normalized spacial score (nSPS) is 11.2. The third-order valence-corrected chi connectivity index (χ3v) is 4.58. The van der Waals surface area contributed by atoms with E-state index >= 15 is 0 Å². The van der Waals surface area contributed by atoms with E-state index in [0.29, 0.717) is 19.1 Å². The molecule has 1 aromatic carbocycles. The van der Waals surface area contributed by atoms with Gasteiger partial charge in [0, 0.05) is 25.4 Å². The van der Waals surface area contributed by atoms with Crippen LogP contribution in [0.1, 0.15) is 36.0 Å². The third-order valence-electron chi connectivity index (χ3n) is 3.76. The molecule has 0 fully saturated rings. The van der Waals surface area contributed by atoms with Gasteiger partial charge >= 0.3 is 0 Å². The molecule has 0 unspecified atom stereocenters. The first-order valence-corrected chi connectivity index (χ1v) is 9.55. The van der Waals surface area contributed by atoms with Crippen molar-refractivity contribution in [1.29, 1.82) is 0 Å². The number of hydrogen-bond acceptors (Lipinski definition) is 4. The number of aromatic nitrogens is 1. The van der Waals surface area contributed by atoms with E-state index < -0.39 is 0 Å². The SMILES string of the molecule is CN=C(NCCOc1ccccc1C(C)C)NCCc1csc(C)n1.I. The Bertz CT molecular complexity index is 688. The van der Waals surface area contributed by atoms with Crippen molar-refractivity contribution in [2.45, 2.75) is 33.1 Å². The summed E-state index contributed by atoms with van der Waals surface area (Å²) in [5.41, 5.74) is 2.36. The van der Waals surface area contributed by atoms with E-state index in [-0.39, 0.29) is 24.0 Å². The number of rotatable bonds is 8. The molecule has 5 nitrogen and oxygen atoms in total. The molecule has 0 atom stereocenters. The van der Waals surface area contributed by atoms with Crippen molar-refractivity contribution in [2.24, 2.45) is 4.99 Å². The fraction of sp³-hybridized carbons (Fsp3) is 0.474. The van der Waals surface area contributed by atoms with E-state index in [4.69, 9.17) is 4.74 Å². The van der Waals surface area contributed by atoms with Crippen LogP contribution in [0.2, 0.25) is 0 Å². The molecule has 0 aliphatic rings. The van der Waals surface area contributed by atoms with Gasteiger partial charge in [-0.2, -0.15) is 0 Å². The van der Waals surface area contributed by atoms with Gasteiger partial charge in [-0.25, -0.2) is 4.98 Å². The monoisotopic (exact) mass is 488 g/mol. The summed E-state index contributed by atoms with van der Waals surface area (Å²) < 4.78 is 5.92. The van der Waals surface area contributed by atoms with Crippen LogP contribution < -0.4 is 15.4 Å². The predicted octanol–water partition coefficient (Wildman–Crippen LogP) is 3.98. The highest BCUT2D eigenvalue weighted by molar-refractivity contribution is 14.0. The second kappa shape index (κ2) is 12.1. The molecule has 2 rings (SSSR count). The highest BCUT2D eigenvalue weighted by atomic mass is 127. The van der Waals surface area contributed by atoms with Crippen LogP contribution in [0.25, 0.3) is 0 Å². The van der Waals surface area contributed by atoms with E-state index in [1.54, 1.807) is 18.4 Å². The fourth-order valence-electron chi connectivity index (χ4n) is 2.47. The molecule has 0 bridgehead atoms. The van der Waals surface area contributed by atoms with Crippen molar-refractivity contribution in [3.8, 4) is 5.75 Å². The Balaban J connectivity index is 0.00000338. The van der Waals surface area contributed by atoms with E-state index in [9.17, 15) is 0 Å². The summed E-state index contributed by atoms with van der Waals surface area (Å²) in [5.74, 6) is 2.20. The number of aliphatic imine (C=N–C) groups is 1. The summed E-state index contributed by atoms with van der Waals surface area (Å²) in [6, 6.07) is 8.21. The molecule has 2 N–H and O–H groups in total. The molecule has 2 aromatic rings. The fourth-order valence-corrected chi connectivity index (χ4v) is 3.12. The maximum atomic E-state index is 5.92. The van der Waals surface area contributed by atoms with Crippen molar-refractivity contribution >= 4 is 41.3 Å². The molecule has 7 heteroatoms. The number of nitrogens with zero attached hydrogens (tertiary/aromatic N) is 2. The number of guanidine groups is 1. The largest absolute Gasteiger partial charge is 0.491 e. The maximum Gasteiger partial charge on any atom is 0.191 e. The zero-order chi connectivity index (χ0) is 18.1. The van der Waals surface area contributed by atoms with Crippen LogP contribution >= 0.6 is 35.3 Å². The maximum absolute atomic E-state index is 5.92. The molecule has 0 radical (unpaired) electrons. The number of hydrogen-bond donors (Lipinski definition) is 2. The van der Waals surface area contributed by atoms with Crippen LogP contribution in [0.15, 0.2) is 34.6 Å². The quantitative estimate of drug-likeness (QED) is 0.256. The Morgan fingerprint density at radius 1 is 1.23 bits per heavy atom. The molecule has 1 aromatic heterocycles. The summed E-state index contributed by atoms with van der Waals surface area (Å²) in [6.45, 7) is 8.48. The van der Waals surface area contributed by atoms with Gasteiger partial charge in [0.1, 0.15) is 12.4 Å². The zero-order valence-electron chi connectivity index (χ0n) is 15.9. The number of benzene rings is 1. The molecule has 0 aliphatic heterocycles. The molecule has 0 saturated carbocycles. The van der Waals surface area contributed by atoms with Crippen molar-refractivity contribution in [3.05, 3.63) is 45.9 Å². The lowest BCUT2D eigenvalue weighted by molar-refractivity contribution is 0.317. The van der Waals surface area contributed by atoms with E-state index in [1.807, 2.05) is 19.1 Å². The summed E-state index contributed by atoms with van der Waals surface area (Å²) in [4.78, 5) is 8.70. The van der Waals surface area contributed by atoms with Crippen LogP contribution in [0.5, 0.6) is 5.75 Å². The highest BCUT2D eigenvalue weighted by Crippen LogP contribution is 2.25. The summed E-state index contributed by atoms with van der Waals surface area (Å²) >= 11 is 1.69. The number of nitrogens with one attached hydrogen (secondary N) is 2. The molecular formula is C19H29IN4OS. The van der Waals surface area contributed by atoms with Gasteiger partial charge in [0.15, 0.2) is 5.96 Å². The van der Waals surface area contributed by atoms with Gasteiger partial charge in [0.05, 0.1) is 17.2 Å². The van der Waals surface area contributed by atoms with Crippen molar-refractivity contribution in [3.63, 3.8) is 0 Å². The summed E-state index contributed by atoms with van der Waals surface area (Å²) in [5, 5.41) is 9.79. The van der Waals surface area contributed by atoms with Gasteiger partial charge in [-0.1, -0.05) is 32.0 Å². The second-order valence-electron chi connectivity index (χ2n) is 6.07. The molecule has 0 aliphatic carbocycles. The molecule has 0 spiro atoms. The topological polar surface area (TPSA) is 58.5 Å². The van der Waals surface area contributed by atoms with Crippen molar-refractivity contribution in [1.82, 2.24) is 15.6 Å². The summed E-state index contributed by atoms with van der Waals surface area (Å²) in [6.07, 6.45) is 0.892. The molecule has 1 heterocycles. The summed E-state index contributed by atoms with van der Waals surface area (Å²) in [7, 11) is 1.78. The van der Waals surface area contributed by atoms with Crippen LogP contribution in [-0.4, -0.2) is 37.7 Å². The Labute approximate surface area is 177 Å². The minimum Gasteiger partial charge on any atom is -0.491 e. The molecular weight excluding hydrogens is 459 g/mol. The van der Waals surface area contributed by atoms with Gasteiger partial charge in [0.25, 0.3) is 0 Å². The van der Waals surface area contributed by atoms with Crippen LogP contribution in [0.3, 0.4) is 0 Å². The zero-order valence-corrected chi connectivity index (χ0v) is 19.1. The lowest BCUT2D eigenvalue weighted by atomic mass is 10.0. The number of halogens is 1. The van der Waals surface area contributed by atoms with Crippen molar-refractivity contribution < 1.29 is 4.74 Å². The number of thiazole rings is 1. The minimum atomic E-state index is 0. The van der Waals surface area contributed by atoms with E-state index in [2.05, 4.69) is 52.0 Å². The van der Waals surface area contributed by atoms with Gasteiger partial charge in [-0.15, -0.1) is 35.3 Å².